The molecule has 0 saturated carbocycles. The summed E-state index contributed by atoms with van der Waals surface area (Å²) in [7, 11) is 0. The first kappa shape index (κ1) is 17.8. The molecule has 0 fully saturated rings. The highest BCUT2D eigenvalue weighted by Gasteiger charge is 2.17. The van der Waals surface area contributed by atoms with Crippen molar-refractivity contribution in [3.8, 4) is 11.1 Å². The van der Waals surface area contributed by atoms with Gasteiger partial charge in [0, 0.05) is 17.1 Å². The van der Waals surface area contributed by atoms with Gasteiger partial charge < -0.3 is 9.84 Å². The summed E-state index contributed by atoms with van der Waals surface area (Å²) in [6.45, 7) is 3.85. The normalized spacial score (nSPS) is 11.0. The summed E-state index contributed by atoms with van der Waals surface area (Å²) in [5.74, 6) is -2.57. The zero-order valence-electron chi connectivity index (χ0n) is 15.1. The number of aryl methyl sites for hydroxylation is 2. The molecule has 28 heavy (non-hydrogen) atoms. The molecule has 0 atom stereocenters. The van der Waals surface area contributed by atoms with E-state index in [-0.39, 0.29) is 5.82 Å². The molecule has 2 heterocycles. The number of anilines is 1. The third-order valence-corrected chi connectivity index (χ3v) is 4.50. The second kappa shape index (κ2) is 6.84. The van der Waals surface area contributed by atoms with Gasteiger partial charge in [-0.25, -0.2) is 13.8 Å². The fraction of sp³-hybridized carbons (Fsp3) is 0.0952. The predicted molar refractivity (Wildman–Crippen MR) is 101 cm³/mol. The summed E-state index contributed by atoms with van der Waals surface area (Å²) in [4.78, 5) is 16.3. The van der Waals surface area contributed by atoms with Crippen molar-refractivity contribution in [2.24, 2.45) is 0 Å². The van der Waals surface area contributed by atoms with Crippen LogP contribution in [0.4, 0.5) is 14.6 Å². The fourth-order valence-electron chi connectivity index (χ4n) is 3.04. The molecule has 2 aromatic carbocycles. The number of pyridine rings is 1. The van der Waals surface area contributed by atoms with Gasteiger partial charge in [-0.05, 0) is 61.4 Å². The molecular weight excluding hydrogens is 364 g/mol. The molecule has 1 N–H and O–H groups in total. The summed E-state index contributed by atoms with van der Waals surface area (Å²) in [6.07, 6.45) is 1.57. The van der Waals surface area contributed by atoms with Gasteiger partial charge in [-0.15, -0.1) is 0 Å². The van der Waals surface area contributed by atoms with Crippen LogP contribution in [-0.2, 0) is 0 Å². The Balaban J connectivity index is 1.61. The Morgan fingerprint density at radius 2 is 1.82 bits per heavy atom. The van der Waals surface area contributed by atoms with E-state index in [2.05, 4.69) is 15.5 Å². The first-order valence-electron chi connectivity index (χ1n) is 8.52. The SMILES string of the molecule is Cc1cc2c(C)noc2cc1-c1ccc(NC(=O)c2c(F)cccc2F)nc1. The second-order valence-corrected chi connectivity index (χ2v) is 6.41. The topological polar surface area (TPSA) is 68.0 Å². The highest BCUT2D eigenvalue weighted by atomic mass is 19.1. The number of amides is 1. The largest absolute Gasteiger partial charge is 0.356 e. The van der Waals surface area contributed by atoms with Gasteiger partial charge in [0.05, 0.1) is 5.69 Å². The number of hydrogen-bond acceptors (Lipinski definition) is 4. The van der Waals surface area contributed by atoms with Crippen molar-refractivity contribution in [2.75, 3.05) is 5.32 Å². The van der Waals surface area contributed by atoms with Gasteiger partial charge >= 0.3 is 0 Å². The standard InChI is InChI=1S/C21H15F2N3O2/c1-11-8-15-12(2)26-28-18(15)9-14(11)13-6-7-19(24-10-13)25-21(27)20-16(22)4-3-5-17(20)23/h3-10H,1-2H3,(H,24,25,27). The van der Waals surface area contributed by atoms with Crippen LogP contribution in [0.15, 0.2) is 53.2 Å². The van der Waals surface area contributed by atoms with Crippen LogP contribution in [0, 0.1) is 25.5 Å². The lowest BCUT2D eigenvalue weighted by atomic mass is 10.00. The molecule has 0 spiro atoms. The fourth-order valence-corrected chi connectivity index (χ4v) is 3.04. The first-order valence-corrected chi connectivity index (χ1v) is 8.52. The molecule has 0 bridgehead atoms. The van der Waals surface area contributed by atoms with Crippen molar-refractivity contribution >= 4 is 22.7 Å². The Morgan fingerprint density at radius 1 is 1.07 bits per heavy atom. The van der Waals surface area contributed by atoms with Crippen molar-refractivity contribution in [2.45, 2.75) is 13.8 Å². The van der Waals surface area contributed by atoms with Crippen LogP contribution in [0.1, 0.15) is 21.6 Å². The molecule has 0 aliphatic carbocycles. The molecule has 140 valence electrons. The summed E-state index contributed by atoms with van der Waals surface area (Å²) in [5.41, 5.74) is 3.59. The first-order chi connectivity index (χ1) is 13.4. The summed E-state index contributed by atoms with van der Waals surface area (Å²) in [5, 5.41) is 7.32. The summed E-state index contributed by atoms with van der Waals surface area (Å²) < 4.78 is 32.8. The highest BCUT2D eigenvalue weighted by molar-refractivity contribution is 6.04. The Morgan fingerprint density at radius 3 is 2.50 bits per heavy atom. The molecule has 0 unspecified atom stereocenters. The number of aromatic nitrogens is 2. The van der Waals surface area contributed by atoms with Crippen LogP contribution in [0.3, 0.4) is 0 Å². The maximum absolute atomic E-state index is 13.7. The lowest BCUT2D eigenvalue weighted by Crippen LogP contribution is -2.16. The number of carbonyl (C=O) groups excluding carboxylic acids is 1. The third-order valence-electron chi connectivity index (χ3n) is 4.50. The summed E-state index contributed by atoms with van der Waals surface area (Å²) in [6, 6.07) is 10.5. The quantitative estimate of drug-likeness (QED) is 0.542. The number of nitrogens with one attached hydrogen (secondary N) is 1. The lowest BCUT2D eigenvalue weighted by molar-refractivity contribution is 0.101. The molecule has 4 rings (SSSR count). The van der Waals surface area contributed by atoms with Crippen molar-refractivity contribution in [3.63, 3.8) is 0 Å². The lowest BCUT2D eigenvalue weighted by Gasteiger charge is -2.09. The van der Waals surface area contributed by atoms with Gasteiger partial charge in [-0.2, -0.15) is 0 Å². The average Bonchev–Trinajstić information content (AvgIpc) is 3.02. The molecule has 0 saturated heterocycles. The molecule has 5 nitrogen and oxygen atoms in total. The Kier molecular flexibility index (Phi) is 4.35. The number of rotatable bonds is 3. The van der Waals surface area contributed by atoms with Gasteiger partial charge in [0.25, 0.3) is 5.91 Å². The molecule has 0 aliphatic rings. The molecule has 0 aliphatic heterocycles. The van der Waals surface area contributed by atoms with E-state index in [1.54, 1.807) is 18.3 Å². The van der Waals surface area contributed by atoms with Crippen LogP contribution in [-0.4, -0.2) is 16.0 Å². The molecule has 7 heteroatoms. The van der Waals surface area contributed by atoms with E-state index in [9.17, 15) is 13.6 Å². The zero-order chi connectivity index (χ0) is 19.8. The third kappa shape index (κ3) is 3.11. The van der Waals surface area contributed by atoms with E-state index in [0.717, 1.165) is 39.9 Å². The number of halogens is 2. The zero-order valence-corrected chi connectivity index (χ0v) is 15.1. The molecule has 2 aromatic heterocycles. The van der Waals surface area contributed by atoms with E-state index >= 15 is 0 Å². The molecular formula is C21H15F2N3O2. The van der Waals surface area contributed by atoms with Gasteiger partial charge in [0.1, 0.15) is 23.0 Å². The number of fused-ring (bicyclic) bond motifs is 1. The maximum atomic E-state index is 13.7. The van der Waals surface area contributed by atoms with E-state index < -0.39 is 23.1 Å². The summed E-state index contributed by atoms with van der Waals surface area (Å²) >= 11 is 0. The Labute approximate surface area is 159 Å². The van der Waals surface area contributed by atoms with E-state index in [1.807, 2.05) is 26.0 Å². The van der Waals surface area contributed by atoms with Crippen molar-refractivity contribution in [3.05, 3.63) is 77.1 Å². The van der Waals surface area contributed by atoms with Crippen LogP contribution < -0.4 is 5.32 Å². The van der Waals surface area contributed by atoms with Gasteiger partial charge in [0.2, 0.25) is 0 Å². The molecule has 0 radical (unpaired) electrons. The Bertz CT molecular complexity index is 1180. The van der Waals surface area contributed by atoms with E-state index in [4.69, 9.17) is 4.52 Å². The maximum Gasteiger partial charge on any atom is 0.262 e. The minimum absolute atomic E-state index is 0.186. The van der Waals surface area contributed by atoms with Gasteiger partial charge in [0.15, 0.2) is 5.58 Å². The monoisotopic (exact) mass is 379 g/mol. The van der Waals surface area contributed by atoms with Gasteiger partial charge in [-0.1, -0.05) is 11.2 Å². The van der Waals surface area contributed by atoms with Crippen molar-refractivity contribution in [1.82, 2.24) is 10.1 Å². The van der Waals surface area contributed by atoms with Crippen LogP contribution in [0.25, 0.3) is 22.1 Å². The highest BCUT2D eigenvalue weighted by Crippen LogP contribution is 2.30. The van der Waals surface area contributed by atoms with E-state index in [0.29, 0.717) is 5.58 Å². The number of benzene rings is 2. The van der Waals surface area contributed by atoms with Crippen LogP contribution in [0.5, 0.6) is 0 Å². The number of carbonyl (C=O) groups is 1. The average molecular weight is 379 g/mol. The number of nitrogens with zero attached hydrogens (tertiary/aromatic N) is 2. The second-order valence-electron chi connectivity index (χ2n) is 6.41. The minimum Gasteiger partial charge on any atom is -0.356 e. The smallest absolute Gasteiger partial charge is 0.262 e. The van der Waals surface area contributed by atoms with Crippen molar-refractivity contribution < 1.29 is 18.1 Å². The van der Waals surface area contributed by atoms with Crippen LogP contribution in [0.2, 0.25) is 0 Å². The van der Waals surface area contributed by atoms with Gasteiger partial charge in [-0.3, -0.25) is 4.79 Å². The molecule has 4 aromatic rings. The predicted octanol–water partition coefficient (Wildman–Crippen LogP) is 5.04. The van der Waals surface area contributed by atoms with Crippen LogP contribution >= 0.6 is 0 Å². The molecule has 1 amide bonds. The minimum atomic E-state index is -0.930. The van der Waals surface area contributed by atoms with E-state index in [1.165, 1.54) is 6.07 Å². The number of hydrogen-bond donors (Lipinski definition) is 1. The Hall–Kier alpha value is -3.61. The van der Waals surface area contributed by atoms with Crippen molar-refractivity contribution in [1.29, 1.82) is 0 Å².